The van der Waals surface area contributed by atoms with Crippen LogP contribution in [0.3, 0.4) is 0 Å². The van der Waals surface area contributed by atoms with Crippen LogP contribution in [0.15, 0.2) is 77.7 Å². The van der Waals surface area contributed by atoms with Gasteiger partial charge in [0.2, 0.25) is 11.8 Å². The Balaban J connectivity index is 2.02. The number of rotatable bonds is 10. The third-order valence-electron chi connectivity index (χ3n) is 5.77. The highest BCUT2D eigenvalue weighted by atomic mass is 35.5. The smallest absolute Gasteiger partial charge is 0.264 e. The molecule has 0 aliphatic heterocycles. The molecule has 0 radical (unpaired) electrons. The molecule has 7 nitrogen and oxygen atoms in total. The Hall–Kier alpha value is -3.07. The molecular weight excluding hydrogens is 533 g/mol. The molecule has 196 valence electrons. The fourth-order valence-electron chi connectivity index (χ4n) is 3.69. The Bertz CT molecular complexity index is 1350. The first-order valence-electron chi connectivity index (χ1n) is 11.7. The first-order chi connectivity index (χ1) is 17.5. The van der Waals surface area contributed by atoms with Crippen LogP contribution in [0.25, 0.3) is 0 Å². The molecule has 1 N–H and O–H groups in total. The lowest BCUT2D eigenvalue weighted by atomic mass is 10.1. The van der Waals surface area contributed by atoms with E-state index in [1.165, 1.54) is 23.1 Å². The van der Waals surface area contributed by atoms with Crippen LogP contribution in [0.4, 0.5) is 5.69 Å². The van der Waals surface area contributed by atoms with Crippen molar-refractivity contribution in [3.8, 4) is 0 Å². The Labute approximate surface area is 228 Å². The van der Waals surface area contributed by atoms with Crippen LogP contribution in [-0.4, -0.2) is 44.3 Å². The molecule has 0 heterocycles. The number of sulfonamides is 1. The van der Waals surface area contributed by atoms with Gasteiger partial charge in [-0.15, -0.1) is 0 Å². The monoisotopic (exact) mass is 561 g/mol. The number of amides is 2. The van der Waals surface area contributed by atoms with Crippen LogP contribution >= 0.6 is 23.2 Å². The van der Waals surface area contributed by atoms with Gasteiger partial charge < -0.3 is 10.2 Å². The molecule has 0 saturated heterocycles. The van der Waals surface area contributed by atoms with Gasteiger partial charge in [0.15, 0.2) is 0 Å². The zero-order valence-corrected chi connectivity index (χ0v) is 23.1. The molecule has 0 aliphatic carbocycles. The molecule has 0 saturated carbocycles. The van der Waals surface area contributed by atoms with Crippen molar-refractivity contribution >= 4 is 50.7 Å². The van der Waals surface area contributed by atoms with Crippen LogP contribution in [0.5, 0.6) is 0 Å². The van der Waals surface area contributed by atoms with E-state index in [0.29, 0.717) is 16.6 Å². The molecule has 0 unspecified atom stereocenters. The molecule has 3 aromatic carbocycles. The van der Waals surface area contributed by atoms with E-state index < -0.39 is 28.5 Å². The third-order valence-corrected chi connectivity index (χ3v) is 8.04. The maximum absolute atomic E-state index is 13.7. The van der Waals surface area contributed by atoms with Gasteiger partial charge in [0.05, 0.1) is 10.6 Å². The van der Waals surface area contributed by atoms with E-state index in [-0.39, 0.29) is 23.0 Å². The number of halogens is 2. The summed E-state index contributed by atoms with van der Waals surface area (Å²) < 4.78 is 28.5. The number of carbonyl (C=O) groups excluding carboxylic acids is 2. The first-order valence-corrected chi connectivity index (χ1v) is 13.9. The Morgan fingerprint density at radius 1 is 0.946 bits per heavy atom. The van der Waals surface area contributed by atoms with Crippen LogP contribution in [0.1, 0.15) is 25.0 Å². The summed E-state index contributed by atoms with van der Waals surface area (Å²) in [6.07, 6.45) is 0. The molecule has 3 aromatic rings. The Kier molecular flexibility index (Phi) is 9.59. The molecule has 2 amide bonds. The average molecular weight is 563 g/mol. The highest BCUT2D eigenvalue weighted by molar-refractivity contribution is 7.92. The molecule has 0 spiro atoms. The minimum atomic E-state index is -4.14. The van der Waals surface area contributed by atoms with E-state index in [9.17, 15) is 18.0 Å². The minimum absolute atomic E-state index is 0.0342. The van der Waals surface area contributed by atoms with Crippen LogP contribution in [-0.2, 0) is 26.2 Å². The standard InChI is InChI=1S/C27H29Cl2N3O4S/c1-4-30-27(34)20(3)31(17-21-10-12-22(28)13-11-21)26(33)18-32(24-7-5-6-23(29)16-24)37(35,36)25-14-8-19(2)9-15-25/h5-16,20H,4,17-18H2,1-3H3,(H,30,34)/t20-/m0/s1. The average Bonchev–Trinajstić information content (AvgIpc) is 2.86. The number of hydrogen-bond donors (Lipinski definition) is 1. The van der Waals surface area contributed by atoms with Gasteiger partial charge in [-0.25, -0.2) is 8.42 Å². The van der Waals surface area contributed by atoms with E-state index in [1.807, 2.05) is 6.92 Å². The van der Waals surface area contributed by atoms with Crippen molar-refractivity contribution in [1.29, 1.82) is 0 Å². The van der Waals surface area contributed by atoms with E-state index in [1.54, 1.807) is 68.4 Å². The Morgan fingerprint density at radius 3 is 2.19 bits per heavy atom. The first kappa shape index (κ1) is 28.5. The van der Waals surface area contributed by atoms with E-state index >= 15 is 0 Å². The maximum atomic E-state index is 13.7. The summed E-state index contributed by atoms with van der Waals surface area (Å²) in [5.74, 6) is -0.898. The normalized spacial score (nSPS) is 12.0. The van der Waals surface area contributed by atoms with Crippen molar-refractivity contribution in [3.05, 3.63) is 94.0 Å². The summed E-state index contributed by atoms with van der Waals surface area (Å²) in [6.45, 7) is 5.19. The number of anilines is 1. The fraction of sp³-hybridized carbons (Fsp3) is 0.259. The predicted molar refractivity (Wildman–Crippen MR) is 147 cm³/mol. The summed E-state index contributed by atoms with van der Waals surface area (Å²) in [5.41, 5.74) is 1.87. The summed E-state index contributed by atoms with van der Waals surface area (Å²) in [5, 5.41) is 3.58. The van der Waals surface area contributed by atoms with Gasteiger partial charge in [-0.1, -0.05) is 59.1 Å². The molecule has 3 rings (SSSR count). The molecule has 10 heteroatoms. The van der Waals surface area contributed by atoms with Gasteiger partial charge in [0.25, 0.3) is 10.0 Å². The van der Waals surface area contributed by atoms with Crippen molar-refractivity contribution in [2.45, 2.75) is 38.3 Å². The highest BCUT2D eigenvalue weighted by Gasteiger charge is 2.32. The molecule has 0 bridgehead atoms. The van der Waals surface area contributed by atoms with Gasteiger partial charge in [-0.3, -0.25) is 13.9 Å². The van der Waals surface area contributed by atoms with Crippen LogP contribution in [0.2, 0.25) is 10.0 Å². The van der Waals surface area contributed by atoms with Crippen LogP contribution < -0.4 is 9.62 Å². The molecular formula is C27H29Cl2N3O4S. The van der Waals surface area contributed by atoms with E-state index in [4.69, 9.17) is 23.2 Å². The molecule has 0 aliphatic rings. The maximum Gasteiger partial charge on any atom is 0.264 e. The number of nitrogens with one attached hydrogen (secondary N) is 1. The van der Waals surface area contributed by atoms with Crippen molar-refractivity contribution < 1.29 is 18.0 Å². The SMILES string of the molecule is CCNC(=O)[C@H](C)N(Cc1ccc(Cl)cc1)C(=O)CN(c1cccc(Cl)c1)S(=O)(=O)c1ccc(C)cc1. The van der Waals surface area contributed by atoms with Gasteiger partial charge in [-0.2, -0.15) is 0 Å². The zero-order valence-electron chi connectivity index (χ0n) is 20.8. The van der Waals surface area contributed by atoms with Crippen molar-refractivity contribution in [2.75, 3.05) is 17.4 Å². The summed E-state index contributed by atoms with van der Waals surface area (Å²) >= 11 is 12.2. The second kappa shape index (κ2) is 12.4. The second-order valence-electron chi connectivity index (χ2n) is 8.52. The van der Waals surface area contributed by atoms with Gasteiger partial charge in [0, 0.05) is 23.1 Å². The lowest BCUT2D eigenvalue weighted by Gasteiger charge is -2.32. The van der Waals surface area contributed by atoms with Crippen molar-refractivity contribution in [1.82, 2.24) is 10.2 Å². The number of carbonyl (C=O) groups is 2. The number of nitrogens with zero attached hydrogens (tertiary/aromatic N) is 2. The zero-order chi connectivity index (χ0) is 27.2. The van der Waals surface area contributed by atoms with E-state index in [0.717, 1.165) is 15.4 Å². The number of hydrogen-bond acceptors (Lipinski definition) is 4. The highest BCUT2D eigenvalue weighted by Crippen LogP contribution is 2.27. The summed E-state index contributed by atoms with van der Waals surface area (Å²) in [4.78, 5) is 27.8. The van der Waals surface area contributed by atoms with Gasteiger partial charge in [-0.05, 0) is 68.8 Å². The predicted octanol–water partition coefficient (Wildman–Crippen LogP) is 5.05. The summed E-state index contributed by atoms with van der Waals surface area (Å²) in [7, 11) is -4.14. The lowest BCUT2D eigenvalue weighted by molar-refractivity contribution is -0.139. The second-order valence-corrected chi connectivity index (χ2v) is 11.3. The Morgan fingerprint density at radius 2 is 1.59 bits per heavy atom. The van der Waals surface area contributed by atoms with Crippen molar-refractivity contribution in [2.24, 2.45) is 0 Å². The lowest BCUT2D eigenvalue weighted by Crippen LogP contribution is -2.51. The molecule has 1 atom stereocenters. The minimum Gasteiger partial charge on any atom is -0.355 e. The van der Waals surface area contributed by atoms with Gasteiger partial charge >= 0.3 is 0 Å². The quantitative estimate of drug-likeness (QED) is 0.375. The van der Waals surface area contributed by atoms with Gasteiger partial charge in [0.1, 0.15) is 12.6 Å². The van der Waals surface area contributed by atoms with Crippen molar-refractivity contribution in [3.63, 3.8) is 0 Å². The largest absolute Gasteiger partial charge is 0.355 e. The fourth-order valence-corrected chi connectivity index (χ4v) is 5.41. The molecule has 0 fully saturated rings. The summed E-state index contributed by atoms with van der Waals surface area (Å²) in [6, 6.07) is 18.7. The van der Waals surface area contributed by atoms with Crippen LogP contribution in [0, 0.1) is 6.92 Å². The number of likely N-dealkylation sites (N-methyl/N-ethyl adjacent to an activating group) is 1. The number of benzene rings is 3. The molecule has 37 heavy (non-hydrogen) atoms. The third kappa shape index (κ3) is 7.25. The van der Waals surface area contributed by atoms with E-state index in [2.05, 4.69) is 5.32 Å². The topological polar surface area (TPSA) is 86.8 Å². The molecule has 0 aromatic heterocycles. The number of aryl methyl sites for hydroxylation is 1.